The highest BCUT2D eigenvalue weighted by Crippen LogP contribution is 2.27. The molecule has 2 amide bonds. The van der Waals surface area contributed by atoms with Crippen LogP contribution in [0.3, 0.4) is 0 Å². The molecule has 1 aliphatic rings. The monoisotopic (exact) mass is 290 g/mol. The molecule has 1 aromatic carbocycles. The van der Waals surface area contributed by atoms with Crippen LogP contribution >= 0.6 is 0 Å². The Bertz CT molecular complexity index is 578. The summed E-state index contributed by atoms with van der Waals surface area (Å²) in [6, 6.07) is 6.51. The number of methoxy groups -OCH3 is 1. The van der Waals surface area contributed by atoms with Gasteiger partial charge in [-0.2, -0.15) is 0 Å². The van der Waals surface area contributed by atoms with Crippen LogP contribution in [-0.4, -0.2) is 25.7 Å². The van der Waals surface area contributed by atoms with Crippen LogP contribution in [0.5, 0.6) is 5.75 Å². The lowest BCUT2D eigenvalue weighted by Gasteiger charge is -2.27. The number of carbonyl (C=O) groups is 2. The maximum Gasteiger partial charge on any atom is 0.354 e. The van der Waals surface area contributed by atoms with Gasteiger partial charge in [-0.25, -0.2) is 9.59 Å². The molecule has 2 N–H and O–H groups in total. The minimum atomic E-state index is -0.525. The molecule has 0 saturated carbocycles. The van der Waals surface area contributed by atoms with Gasteiger partial charge in [0, 0.05) is 0 Å². The van der Waals surface area contributed by atoms with Crippen LogP contribution in [0.15, 0.2) is 35.5 Å². The van der Waals surface area contributed by atoms with E-state index in [-0.39, 0.29) is 18.3 Å². The van der Waals surface area contributed by atoms with Gasteiger partial charge in [0.1, 0.15) is 11.4 Å². The normalized spacial score (nSPS) is 17.9. The lowest BCUT2D eigenvalue weighted by atomic mass is 9.96. The number of rotatable bonds is 4. The van der Waals surface area contributed by atoms with Gasteiger partial charge in [-0.1, -0.05) is 12.1 Å². The van der Waals surface area contributed by atoms with Crippen LogP contribution in [0.1, 0.15) is 25.5 Å². The number of benzene rings is 1. The van der Waals surface area contributed by atoms with Gasteiger partial charge in [0.15, 0.2) is 0 Å². The van der Waals surface area contributed by atoms with E-state index < -0.39 is 12.0 Å². The van der Waals surface area contributed by atoms with Gasteiger partial charge in [0.05, 0.1) is 19.8 Å². The summed E-state index contributed by atoms with van der Waals surface area (Å²) in [7, 11) is 1.59. The molecule has 1 aromatic rings. The van der Waals surface area contributed by atoms with Gasteiger partial charge in [-0.15, -0.1) is 0 Å². The average molecular weight is 290 g/mol. The Morgan fingerprint density at radius 3 is 2.52 bits per heavy atom. The van der Waals surface area contributed by atoms with Gasteiger partial charge in [-0.3, -0.25) is 0 Å². The Labute approximate surface area is 123 Å². The van der Waals surface area contributed by atoms with Crippen molar-refractivity contribution in [3.05, 3.63) is 41.1 Å². The first-order valence-corrected chi connectivity index (χ1v) is 6.66. The molecule has 1 aliphatic heterocycles. The van der Waals surface area contributed by atoms with E-state index >= 15 is 0 Å². The molecule has 0 aromatic heterocycles. The summed E-state index contributed by atoms with van der Waals surface area (Å²) in [6.45, 7) is 3.76. The molecule has 0 saturated heterocycles. The summed E-state index contributed by atoms with van der Waals surface area (Å²) in [4.78, 5) is 23.6. The third kappa shape index (κ3) is 3.16. The molecule has 0 aliphatic carbocycles. The van der Waals surface area contributed by atoms with Crippen LogP contribution in [0.4, 0.5) is 4.79 Å². The third-order valence-electron chi connectivity index (χ3n) is 3.27. The Hall–Kier alpha value is -2.50. The first kappa shape index (κ1) is 14.9. The fraction of sp³-hybridized carbons (Fsp3) is 0.333. The van der Waals surface area contributed by atoms with Crippen LogP contribution in [0.25, 0.3) is 0 Å². The number of esters is 1. The number of carbonyl (C=O) groups excluding carboxylic acids is 2. The van der Waals surface area contributed by atoms with Gasteiger partial charge in [0.25, 0.3) is 0 Å². The minimum absolute atomic E-state index is 0.196. The zero-order valence-electron chi connectivity index (χ0n) is 12.2. The van der Waals surface area contributed by atoms with E-state index in [2.05, 4.69) is 10.6 Å². The Kier molecular flexibility index (Phi) is 4.47. The van der Waals surface area contributed by atoms with Crippen LogP contribution in [0.2, 0.25) is 0 Å². The number of hydrogen-bond donors (Lipinski definition) is 2. The Morgan fingerprint density at radius 2 is 1.95 bits per heavy atom. The van der Waals surface area contributed by atoms with Crippen molar-refractivity contribution in [1.29, 1.82) is 0 Å². The van der Waals surface area contributed by atoms with Crippen molar-refractivity contribution in [3.63, 3.8) is 0 Å². The second-order valence-corrected chi connectivity index (χ2v) is 4.58. The minimum Gasteiger partial charge on any atom is -0.497 e. The predicted octanol–water partition coefficient (Wildman–Crippen LogP) is 1.89. The summed E-state index contributed by atoms with van der Waals surface area (Å²) in [6.07, 6.45) is 0. The SMILES string of the molecule is CCOC(=O)C1=C(C)[C@@H](c2ccc(OC)cc2)NC(=O)N1. The van der Waals surface area contributed by atoms with E-state index in [0.717, 1.165) is 11.3 Å². The van der Waals surface area contributed by atoms with Crippen molar-refractivity contribution < 1.29 is 19.1 Å². The van der Waals surface area contributed by atoms with Crippen LogP contribution in [-0.2, 0) is 9.53 Å². The van der Waals surface area contributed by atoms with E-state index in [1.54, 1.807) is 33.1 Å². The zero-order valence-corrected chi connectivity index (χ0v) is 12.2. The molecule has 21 heavy (non-hydrogen) atoms. The average Bonchev–Trinajstić information content (AvgIpc) is 2.49. The summed E-state index contributed by atoms with van der Waals surface area (Å²) < 4.78 is 10.1. The van der Waals surface area contributed by atoms with E-state index in [0.29, 0.717) is 5.57 Å². The highest BCUT2D eigenvalue weighted by Gasteiger charge is 2.29. The van der Waals surface area contributed by atoms with Crippen molar-refractivity contribution in [2.75, 3.05) is 13.7 Å². The second kappa shape index (κ2) is 6.30. The smallest absolute Gasteiger partial charge is 0.354 e. The molecule has 6 nitrogen and oxygen atoms in total. The topological polar surface area (TPSA) is 76.7 Å². The van der Waals surface area contributed by atoms with Crippen molar-refractivity contribution in [2.45, 2.75) is 19.9 Å². The Morgan fingerprint density at radius 1 is 1.29 bits per heavy atom. The molecule has 112 valence electrons. The first-order valence-electron chi connectivity index (χ1n) is 6.66. The van der Waals surface area contributed by atoms with Crippen LogP contribution < -0.4 is 15.4 Å². The predicted molar refractivity (Wildman–Crippen MR) is 76.7 cm³/mol. The lowest BCUT2D eigenvalue weighted by molar-refractivity contribution is -0.139. The molecule has 6 heteroatoms. The summed E-state index contributed by atoms with van der Waals surface area (Å²) in [5.41, 5.74) is 1.77. The van der Waals surface area contributed by atoms with Crippen molar-refractivity contribution in [1.82, 2.24) is 10.6 Å². The molecular formula is C15H18N2O4. The van der Waals surface area contributed by atoms with E-state index in [1.807, 2.05) is 12.1 Å². The largest absolute Gasteiger partial charge is 0.497 e. The fourth-order valence-corrected chi connectivity index (χ4v) is 2.18. The standard InChI is InChI=1S/C15H18N2O4/c1-4-21-14(18)13-9(2)12(16-15(19)17-13)10-5-7-11(20-3)8-6-10/h5-8,12H,4H2,1-3H3,(H2,16,17,19)/t12-/m0/s1. The van der Waals surface area contributed by atoms with E-state index in [1.165, 1.54) is 0 Å². The number of nitrogens with one attached hydrogen (secondary N) is 2. The van der Waals surface area contributed by atoms with Crippen LogP contribution in [0, 0.1) is 0 Å². The summed E-state index contributed by atoms with van der Waals surface area (Å²) in [5.74, 6) is 0.203. The summed E-state index contributed by atoms with van der Waals surface area (Å²) >= 11 is 0. The summed E-state index contributed by atoms with van der Waals surface area (Å²) in [5, 5.41) is 5.29. The van der Waals surface area contributed by atoms with Crippen molar-refractivity contribution in [2.24, 2.45) is 0 Å². The molecule has 0 unspecified atom stereocenters. The van der Waals surface area contributed by atoms with Gasteiger partial charge in [0.2, 0.25) is 0 Å². The van der Waals surface area contributed by atoms with E-state index in [4.69, 9.17) is 9.47 Å². The number of amides is 2. The maximum atomic E-state index is 11.9. The number of ether oxygens (including phenoxy) is 2. The Balaban J connectivity index is 2.34. The quantitative estimate of drug-likeness (QED) is 0.830. The molecule has 1 atom stereocenters. The molecule has 0 radical (unpaired) electrons. The van der Waals surface area contributed by atoms with E-state index in [9.17, 15) is 9.59 Å². The molecular weight excluding hydrogens is 272 g/mol. The lowest BCUT2D eigenvalue weighted by Crippen LogP contribution is -2.45. The molecule has 2 rings (SSSR count). The first-order chi connectivity index (χ1) is 10.1. The van der Waals surface area contributed by atoms with Crippen molar-refractivity contribution in [3.8, 4) is 5.75 Å². The number of urea groups is 1. The zero-order chi connectivity index (χ0) is 15.4. The van der Waals surface area contributed by atoms with Gasteiger partial charge in [-0.05, 0) is 37.1 Å². The van der Waals surface area contributed by atoms with Crippen molar-refractivity contribution >= 4 is 12.0 Å². The maximum absolute atomic E-state index is 11.9. The highest BCUT2D eigenvalue weighted by molar-refractivity contribution is 5.96. The highest BCUT2D eigenvalue weighted by atomic mass is 16.5. The number of hydrogen-bond acceptors (Lipinski definition) is 4. The van der Waals surface area contributed by atoms with Gasteiger partial charge < -0.3 is 20.1 Å². The fourth-order valence-electron chi connectivity index (χ4n) is 2.18. The molecule has 1 heterocycles. The molecule has 0 fully saturated rings. The molecule has 0 bridgehead atoms. The third-order valence-corrected chi connectivity index (χ3v) is 3.27. The van der Waals surface area contributed by atoms with Gasteiger partial charge >= 0.3 is 12.0 Å². The second-order valence-electron chi connectivity index (χ2n) is 4.58. The molecule has 0 spiro atoms.